The summed E-state index contributed by atoms with van der Waals surface area (Å²) in [6, 6.07) is 0. The van der Waals surface area contributed by atoms with E-state index in [4.69, 9.17) is 6.57 Å². The highest BCUT2D eigenvalue weighted by Crippen LogP contribution is 2.06. The molecule has 8 heavy (non-hydrogen) atoms. The molecule has 0 N–H and O–H groups in total. The van der Waals surface area contributed by atoms with Crippen LogP contribution >= 0.6 is 0 Å². The van der Waals surface area contributed by atoms with E-state index in [2.05, 4.69) is 18.7 Å². The van der Waals surface area contributed by atoms with E-state index in [1.165, 1.54) is 12.8 Å². The van der Waals surface area contributed by atoms with E-state index < -0.39 is 0 Å². The van der Waals surface area contributed by atoms with Crippen LogP contribution in [0.4, 0.5) is 0 Å². The summed E-state index contributed by atoms with van der Waals surface area (Å²) >= 11 is 0. The first-order valence-electron chi connectivity index (χ1n) is 3.21. The van der Waals surface area contributed by atoms with Crippen LogP contribution in [0.2, 0.25) is 0 Å². The van der Waals surface area contributed by atoms with Crippen molar-refractivity contribution in [1.29, 1.82) is 0 Å². The van der Waals surface area contributed by atoms with Gasteiger partial charge in [-0.15, -0.1) is 0 Å². The van der Waals surface area contributed by atoms with Gasteiger partial charge in [0.25, 0.3) is 13.1 Å². The second kappa shape index (κ2) is 4.64. The molecule has 0 aliphatic carbocycles. The van der Waals surface area contributed by atoms with E-state index in [9.17, 15) is 0 Å². The summed E-state index contributed by atoms with van der Waals surface area (Å²) < 4.78 is 0. The summed E-state index contributed by atoms with van der Waals surface area (Å²) in [6.07, 6.45) is 2.38. The first-order valence-corrected chi connectivity index (χ1v) is 3.21. The van der Waals surface area contributed by atoms with Crippen LogP contribution in [0.15, 0.2) is 0 Å². The summed E-state index contributed by atoms with van der Waals surface area (Å²) in [5, 5.41) is 0. The van der Waals surface area contributed by atoms with E-state index in [-0.39, 0.29) is 0 Å². The average molecular weight is 112 g/mol. The lowest BCUT2D eigenvalue weighted by atomic mass is 10.0. The van der Waals surface area contributed by atoms with Gasteiger partial charge in [0.2, 0.25) is 0 Å². The van der Waals surface area contributed by atoms with Crippen LogP contribution in [0.1, 0.15) is 26.7 Å². The Balaban J connectivity index is 3.25. The van der Waals surface area contributed by atoms with Crippen molar-refractivity contribution in [3.05, 3.63) is 4.85 Å². The van der Waals surface area contributed by atoms with Crippen molar-refractivity contribution in [3.8, 4) is 6.57 Å². The Labute approximate surface area is 51.5 Å². The molecule has 0 aromatic carbocycles. The van der Waals surface area contributed by atoms with Gasteiger partial charge >= 0.3 is 0 Å². The smallest absolute Gasteiger partial charge is 0.0866 e. The van der Waals surface area contributed by atoms with E-state index in [1.807, 2.05) is 0 Å². The van der Waals surface area contributed by atoms with Crippen molar-refractivity contribution in [2.75, 3.05) is 6.54 Å². The maximum Gasteiger partial charge on any atom is 0.266 e. The highest BCUT2D eigenvalue weighted by Gasteiger charge is 2.05. The Morgan fingerprint density at radius 3 is 2.00 bits per heavy atom. The Kier molecular flexibility index (Phi) is 4.35. The molecule has 0 bridgehead atoms. The van der Waals surface area contributed by atoms with Gasteiger partial charge in [0, 0.05) is 5.92 Å². The molecule has 0 unspecified atom stereocenters. The van der Waals surface area contributed by atoms with E-state index in [1.54, 1.807) is 0 Å². The normalized spacial score (nSPS) is 9.25. The molecule has 0 aliphatic heterocycles. The molecule has 0 radical (unpaired) electrons. The molecular weight excluding hydrogens is 98.1 g/mol. The molecule has 1 heteroatoms. The average Bonchev–Trinajstić information content (AvgIpc) is 1.83. The summed E-state index contributed by atoms with van der Waals surface area (Å²) in [7, 11) is 0. The molecule has 0 amide bonds. The molecule has 0 spiro atoms. The van der Waals surface area contributed by atoms with Gasteiger partial charge in [-0.3, -0.25) is 0 Å². The van der Waals surface area contributed by atoms with Gasteiger partial charge in [-0.1, -0.05) is 18.7 Å². The third-order valence-electron chi connectivity index (χ3n) is 1.52. The minimum absolute atomic E-state index is 0.708. The highest BCUT2D eigenvalue weighted by molar-refractivity contribution is 4.71. The van der Waals surface area contributed by atoms with Crippen molar-refractivity contribution < 1.29 is 0 Å². The fourth-order valence-electron chi connectivity index (χ4n) is 0.696. The van der Waals surface area contributed by atoms with Crippen LogP contribution in [0.3, 0.4) is 0 Å². The summed E-state index contributed by atoms with van der Waals surface area (Å²) in [5.74, 6) is 0.708. The van der Waals surface area contributed by atoms with Crippen molar-refractivity contribution in [2.45, 2.75) is 26.7 Å². The molecule has 0 fully saturated rings. The molecule has 0 heterocycles. The molecule has 0 rings (SSSR count). The van der Waals surface area contributed by atoms with Crippen LogP contribution in [0.5, 0.6) is 0 Å². The standard InChI is InChI=1S/C7H14N/c1-4-7(5-2)6-8-3/h3,7H,4-6H2,1-2H3/q+1. The van der Waals surface area contributed by atoms with Gasteiger partial charge in [-0.05, 0) is 12.8 Å². The highest BCUT2D eigenvalue weighted by atomic mass is 14.6. The van der Waals surface area contributed by atoms with E-state index in [0.717, 1.165) is 6.54 Å². The van der Waals surface area contributed by atoms with E-state index >= 15 is 0 Å². The van der Waals surface area contributed by atoms with Gasteiger partial charge in [0.15, 0.2) is 0 Å². The number of hydrogen-bond donors (Lipinski definition) is 0. The minimum Gasteiger partial charge on any atom is -0.0866 e. The largest absolute Gasteiger partial charge is 0.266 e. The Morgan fingerprint density at radius 2 is 1.88 bits per heavy atom. The van der Waals surface area contributed by atoms with Crippen molar-refractivity contribution >= 4 is 0 Å². The van der Waals surface area contributed by atoms with Crippen LogP contribution in [-0.4, -0.2) is 6.54 Å². The maximum absolute atomic E-state index is 5.01. The van der Waals surface area contributed by atoms with Gasteiger partial charge in [-0.2, -0.15) is 0 Å². The van der Waals surface area contributed by atoms with E-state index in [0.29, 0.717) is 5.92 Å². The molecule has 46 valence electrons. The molecule has 0 aromatic heterocycles. The van der Waals surface area contributed by atoms with Gasteiger partial charge in [0.1, 0.15) is 0 Å². The molecular formula is C7H14N+. The fraction of sp³-hybridized carbons (Fsp3) is 0.857. The van der Waals surface area contributed by atoms with Crippen molar-refractivity contribution in [2.24, 2.45) is 5.92 Å². The molecule has 0 atom stereocenters. The minimum atomic E-state index is 0.708. The number of hydrogen-bond acceptors (Lipinski definition) is 0. The molecule has 1 nitrogen and oxygen atoms in total. The molecule has 0 aromatic rings. The topological polar surface area (TPSA) is 4.36 Å². The maximum atomic E-state index is 5.01. The predicted octanol–water partition coefficient (Wildman–Crippen LogP) is 2.39. The first kappa shape index (κ1) is 7.49. The lowest BCUT2D eigenvalue weighted by molar-refractivity contribution is 0.531. The predicted molar refractivity (Wildman–Crippen MR) is 37.2 cm³/mol. The second-order valence-corrected chi connectivity index (χ2v) is 2.05. The third-order valence-corrected chi connectivity index (χ3v) is 1.52. The molecule has 0 saturated carbocycles. The zero-order valence-electron chi connectivity index (χ0n) is 5.72. The zero-order chi connectivity index (χ0) is 6.41. The van der Waals surface area contributed by atoms with Crippen LogP contribution in [0, 0.1) is 12.5 Å². The quantitative estimate of drug-likeness (QED) is 0.528. The van der Waals surface area contributed by atoms with Crippen molar-refractivity contribution in [3.63, 3.8) is 0 Å². The monoisotopic (exact) mass is 112 g/mol. The fourth-order valence-corrected chi connectivity index (χ4v) is 0.696. The second-order valence-electron chi connectivity index (χ2n) is 2.05. The molecule has 0 aliphatic rings. The van der Waals surface area contributed by atoms with Gasteiger partial charge < -0.3 is 0 Å². The number of nitrogens with zero attached hydrogens (tertiary/aromatic N) is 1. The first-order chi connectivity index (χ1) is 3.85. The van der Waals surface area contributed by atoms with Crippen LogP contribution in [-0.2, 0) is 0 Å². The SMILES string of the molecule is C#[N+]CC(CC)CC. The molecule has 0 saturated heterocycles. The summed E-state index contributed by atoms with van der Waals surface area (Å²) in [5.41, 5.74) is 0. The van der Waals surface area contributed by atoms with Crippen LogP contribution < -0.4 is 0 Å². The van der Waals surface area contributed by atoms with Crippen molar-refractivity contribution in [1.82, 2.24) is 0 Å². The number of rotatable bonds is 3. The Bertz CT molecular complexity index is 76.9. The third kappa shape index (κ3) is 2.63. The van der Waals surface area contributed by atoms with Gasteiger partial charge in [-0.25, -0.2) is 0 Å². The Hall–Kier alpha value is -0.510. The summed E-state index contributed by atoms with van der Waals surface area (Å²) in [4.78, 5) is 3.58. The zero-order valence-corrected chi connectivity index (χ0v) is 5.72. The van der Waals surface area contributed by atoms with Crippen LogP contribution in [0.25, 0.3) is 4.85 Å². The summed E-state index contributed by atoms with van der Waals surface area (Å²) in [6.45, 7) is 10.2. The van der Waals surface area contributed by atoms with Gasteiger partial charge in [0.05, 0.1) is 0 Å². The lowest BCUT2D eigenvalue weighted by Crippen LogP contribution is -1.98. The lowest BCUT2D eigenvalue weighted by Gasteiger charge is -1.98. The Morgan fingerprint density at radius 1 is 1.38 bits per heavy atom.